The highest BCUT2D eigenvalue weighted by molar-refractivity contribution is 6.21. The fourth-order valence-corrected chi connectivity index (χ4v) is 4.23. The average molecular weight is 526 g/mol. The van der Waals surface area contributed by atoms with Gasteiger partial charge >= 0.3 is 5.63 Å². The summed E-state index contributed by atoms with van der Waals surface area (Å²) in [6.45, 7) is 0.369. The van der Waals surface area contributed by atoms with Crippen LogP contribution in [0, 0.1) is 0 Å². The predicted molar refractivity (Wildman–Crippen MR) is 142 cm³/mol. The lowest BCUT2D eigenvalue weighted by Gasteiger charge is -2.16. The molecule has 0 aliphatic carbocycles. The molecule has 10 nitrogen and oxygen atoms in total. The second-order valence-electron chi connectivity index (χ2n) is 8.57. The summed E-state index contributed by atoms with van der Waals surface area (Å²) >= 11 is 0. The SMILES string of the molecule is COc1cccc(/C=N/NC(=O)c2cc3ccccc3oc2=O)c1OCCCN1C(=O)c2ccccc2C1=O. The van der Waals surface area contributed by atoms with Crippen molar-refractivity contribution < 1.29 is 28.3 Å². The Bertz CT molecular complexity index is 1640. The van der Waals surface area contributed by atoms with Crippen LogP contribution in [0.3, 0.4) is 0 Å². The van der Waals surface area contributed by atoms with Gasteiger partial charge in [0, 0.05) is 17.5 Å². The Kier molecular flexibility index (Phi) is 7.17. The van der Waals surface area contributed by atoms with Gasteiger partial charge in [-0.3, -0.25) is 19.3 Å². The maximum atomic E-state index is 12.6. The number of hydrogen-bond acceptors (Lipinski definition) is 8. The molecule has 1 aromatic heterocycles. The molecule has 0 fully saturated rings. The molecular weight excluding hydrogens is 502 g/mol. The number of benzene rings is 3. The monoisotopic (exact) mass is 525 g/mol. The first-order chi connectivity index (χ1) is 19.0. The van der Waals surface area contributed by atoms with Crippen LogP contribution in [-0.4, -0.2) is 49.1 Å². The van der Waals surface area contributed by atoms with Gasteiger partial charge in [0.15, 0.2) is 11.5 Å². The summed E-state index contributed by atoms with van der Waals surface area (Å²) in [4.78, 5) is 51.1. The summed E-state index contributed by atoms with van der Waals surface area (Å²) in [6.07, 6.45) is 1.75. The molecule has 3 aromatic carbocycles. The molecule has 10 heteroatoms. The minimum atomic E-state index is -0.773. The Labute approximate surface area is 222 Å². The van der Waals surface area contributed by atoms with Gasteiger partial charge in [0.1, 0.15) is 11.1 Å². The number of nitrogens with one attached hydrogen (secondary N) is 1. The summed E-state index contributed by atoms with van der Waals surface area (Å²) in [5.74, 6) is -0.572. The third-order valence-corrected chi connectivity index (χ3v) is 6.14. The number of hydrogen-bond donors (Lipinski definition) is 1. The maximum absolute atomic E-state index is 12.6. The van der Waals surface area contributed by atoms with E-state index in [0.717, 1.165) is 0 Å². The van der Waals surface area contributed by atoms with Gasteiger partial charge in [-0.25, -0.2) is 10.2 Å². The van der Waals surface area contributed by atoms with E-state index in [1.165, 1.54) is 24.3 Å². The van der Waals surface area contributed by atoms with Crippen molar-refractivity contribution in [1.82, 2.24) is 10.3 Å². The van der Waals surface area contributed by atoms with Gasteiger partial charge < -0.3 is 13.9 Å². The highest BCUT2D eigenvalue weighted by Crippen LogP contribution is 2.30. The van der Waals surface area contributed by atoms with Gasteiger partial charge in [-0.2, -0.15) is 5.10 Å². The van der Waals surface area contributed by atoms with Crippen LogP contribution >= 0.6 is 0 Å². The van der Waals surface area contributed by atoms with E-state index in [0.29, 0.717) is 45.6 Å². The molecule has 2 heterocycles. The standard InChI is InChI=1S/C29H23N3O7/c1-37-24-13-6-9-19(17-30-31-26(33)22-16-18-8-2-5-12-23(18)39-29(22)36)25(24)38-15-7-14-32-27(34)20-10-3-4-11-21(20)28(32)35/h2-6,8-13,16-17H,7,14-15H2,1H3,(H,31,33)/b30-17+. The Hall–Kier alpha value is -5.25. The van der Waals surface area contributed by atoms with E-state index in [1.807, 2.05) is 0 Å². The molecule has 0 saturated carbocycles. The number of rotatable bonds is 9. The quantitative estimate of drug-likeness (QED) is 0.116. The number of hydrazone groups is 1. The van der Waals surface area contributed by atoms with Crippen LogP contribution in [0.15, 0.2) is 87.1 Å². The van der Waals surface area contributed by atoms with Crippen molar-refractivity contribution in [2.45, 2.75) is 6.42 Å². The van der Waals surface area contributed by atoms with E-state index in [1.54, 1.807) is 66.7 Å². The van der Waals surface area contributed by atoms with Crippen LogP contribution in [0.1, 0.15) is 43.1 Å². The smallest absolute Gasteiger partial charge is 0.349 e. The van der Waals surface area contributed by atoms with Gasteiger partial charge in [-0.1, -0.05) is 36.4 Å². The van der Waals surface area contributed by atoms with E-state index >= 15 is 0 Å². The Morgan fingerprint density at radius 2 is 1.69 bits per heavy atom. The highest BCUT2D eigenvalue weighted by Gasteiger charge is 2.34. The van der Waals surface area contributed by atoms with Crippen molar-refractivity contribution >= 4 is 34.9 Å². The lowest BCUT2D eigenvalue weighted by molar-refractivity contribution is 0.0646. The first-order valence-electron chi connectivity index (χ1n) is 12.1. The first-order valence-corrected chi connectivity index (χ1v) is 12.1. The second-order valence-corrected chi connectivity index (χ2v) is 8.57. The number of carbonyl (C=O) groups excluding carboxylic acids is 3. The van der Waals surface area contributed by atoms with Gasteiger partial charge in [-0.05, 0) is 42.8 Å². The molecule has 3 amide bonds. The fraction of sp³-hybridized carbons (Fsp3) is 0.138. The molecule has 4 aromatic rings. The molecule has 0 radical (unpaired) electrons. The van der Waals surface area contributed by atoms with Crippen molar-refractivity contribution in [1.29, 1.82) is 0 Å². The summed E-state index contributed by atoms with van der Waals surface area (Å²) in [5, 5.41) is 4.58. The maximum Gasteiger partial charge on any atom is 0.349 e. The van der Waals surface area contributed by atoms with Gasteiger partial charge in [0.05, 0.1) is 31.1 Å². The molecule has 196 valence electrons. The Morgan fingerprint density at radius 1 is 0.974 bits per heavy atom. The molecule has 0 atom stereocenters. The Balaban J connectivity index is 1.23. The fourth-order valence-electron chi connectivity index (χ4n) is 4.23. The van der Waals surface area contributed by atoms with Gasteiger partial charge in [-0.15, -0.1) is 0 Å². The lowest BCUT2D eigenvalue weighted by Crippen LogP contribution is -2.31. The number of amides is 3. The van der Waals surface area contributed by atoms with Gasteiger partial charge in [0.2, 0.25) is 0 Å². The zero-order valence-corrected chi connectivity index (χ0v) is 20.9. The van der Waals surface area contributed by atoms with E-state index in [-0.39, 0.29) is 30.5 Å². The van der Waals surface area contributed by atoms with Crippen molar-refractivity contribution in [3.8, 4) is 11.5 Å². The molecule has 1 aliphatic rings. The normalized spacial score (nSPS) is 12.7. The summed E-state index contributed by atoms with van der Waals surface area (Å²) in [6, 6.07) is 20.2. The molecule has 0 saturated heterocycles. The number of para-hydroxylation sites is 2. The largest absolute Gasteiger partial charge is 0.493 e. The molecule has 0 bridgehead atoms. The molecule has 39 heavy (non-hydrogen) atoms. The minimum absolute atomic E-state index is 0.180. The van der Waals surface area contributed by atoms with Crippen LogP contribution in [0.2, 0.25) is 0 Å². The van der Waals surface area contributed by atoms with Crippen LogP contribution in [0.25, 0.3) is 11.0 Å². The Morgan fingerprint density at radius 3 is 2.44 bits per heavy atom. The molecule has 0 unspecified atom stereocenters. The first kappa shape index (κ1) is 25.4. The number of imide groups is 1. The van der Waals surface area contributed by atoms with E-state index in [9.17, 15) is 19.2 Å². The van der Waals surface area contributed by atoms with Crippen molar-refractivity contribution in [2.75, 3.05) is 20.3 Å². The molecule has 1 N–H and O–H groups in total. The number of nitrogens with zero attached hydrogens (tertiary/aromatic N) is 2. The zero-order chi connectivity index (χ0) is 27.4. The van der Waals surface area contributed by atoms with Crippen LogP contribution in [0.4, 0.5) is 0 Å². The highest BCUT2D eigenvalue weighted by atomic mass is 16.5. The third kappa shape index (κ3) is 5.12. The van der Waals surface area contributed by atoms with Crippen LogP contribution in [0.5, 0.6) is 11.5 Å². The molecule has 1 aliphatic heterocycles. The number of ether oxygens (including phenoxy) is 2. The summed E-state index contributed by atoms with van der Waals surface area (Å²) in [7, 11) is 1.49. The summed E-state index contributed by atoms with van der Waals surface area (Å²) < 4.78 is 16.5. The molecule has 0 spiro atoms. The minimum Gasteiger partial charge on any atom is -0.493 e. The third-order valence-electron chi connectivity index (χ3n) is 6.14. The van der Waals surface area contributed by atoms with Gasteiger partial charge in [0.25, 0.3) is 17.7 Å². The predicted octanol–water partition coefficient (Wildman–Crippen LogP) is 3.63. The number of fused-ring (bicyclic) bond motifs is 2. The van der Waals surface area contributed by atoms with Crippen molar-refractivity contribution in [3.63, 3.8) is 0 Å². The van der Waals surface area contributed by atoms with E-state index < -0.39 is 11.5 Å². The number of methoxy groups -OCH3 is 1. The molecule has 5 rings (SSSR count). The average Bonchev–Trinajstić information content (AvgIpc) is 3.20. The van der Waals surface area contributed by atoms with Crippen molar-refractivity contribution in [2.24, 2.45) is 5.10 Å². The van der Waals surface area contributed by atoms with E-state index in [2.05, 4.69) is 10.5 Å². The molecular formula is C29H23N3O7. The second kappa shape index (κ2) is 11.0. The number of carbonyl (C=O) groups is 3. The lowest BCUT2D eigenvalue weighted by atomic mass is 10.1. The van der Waals surface area contributed by atoms with Crippen molar-refractivity contribution in [3.05, 3.63) is 105 Å². The topological polar surface area (TPSA) is 128 Å². The summed E-state index contributed by atoms with van der Waals surface area (Å²) in [5.41, 5.74) is 3.06. The van der Waals surface area contributed by atoms with E-state index in [4.69, 9.17) is 13.9 Å². The zero-order valence-electron chi connectivity index (χ0n) is 20.9. The van der Waals surface area contributed by atoms with Crippen LogP contribution < -0.4 is 20.5 Å². The van der Waals surface area contributed by atoms with Crippen LogP contribution in [-0.2, 0) is 0 Å².